The van der Waals surface area contributed by atoms with E-state index >= 15 is 0 Å². The van der Waals surface area contributed by atoms with Crippen molar-refractivity contribution in [2.75, 3.05) is 146 Å². The first kappa shape index (κ1) is 52.7. The summed E-state index contributed by atoms with van der Waals surface area (Å²) in [6.45, 7) is 13.1. The van der Waals surface area contributed by atoms with Crippen molar-refractivity contribution in [3.8, 4) is 17.2 Å². The zero-order chi connectivity index (χ0) is 50.1. The molecule has 1 aromatic heterocycles. The molecule has 9 rings (SSSR count). The number of methoxy groups -OCH3 is 1. The highest BCUT2D eigenvalue weighted by atomic mass is 32.2. The molecular weight excluding hydrogens is 961 g/mol. The van der Waals surface area contributed by atoms with Crippen LogP contribution >= 0.6 is 11.3 Å². The van der Waals surface area contributed by atoms with Gasteiger partial charge in [0.1, 0.15) is 42.8 Å². The summed E-state index contributed by atoms with van der Waals surface area (Å²) in [5.74, 6) is 1.60. The number of aromatic nitrogens is 1. The minimum absolute atomic E-state index is 0.129. The van der Waals surface area contributed by atoms with Gasteiger partial charge in [0, 0.05) is 50.5 Å². The maximum Gasteiger partial charge on any atom is 0.409 e. The van der Waals surface area contributed by atoms with E-state index in [4.69, 9.17) is 48.1 Å². The van der Waals surface area contributed by atoms with E-state index in [0.717, 1.165) is 60.7 Å². The van der Waals surface area contributed by atoms with Crippen molar-refractivity contribution in [2.24, 2.45) is 10.2 Å². The lowest BCUT2D eigenvalue weighted by molar-refractivity contribution is -0.654. The maximum atomic E-state index is 11.6. The van der Waals surface area contributed by atoms with Gasteiger partial charge in [-0.2, -0.15) is 0 Å². The van der Waals surface area contributed by atoms with E-state index in [0.29, 0.717) is 129 Å². The van der Waals surface area contributed by atoms with Gasteiger partial charge in [0.25, 0.3) is 0 Å². The minimum atomic E-state index is -4.41. The summed E-state index contributed by atoms with van der Waals surface area (Å²) in [5.41, 5.74) is 6.29. The second-order valence-corrected chi connectivity index (χ2v) is 20.1. The Morgan fingerprint density at radius 1 is 0.639 bits per heavy atom. The lowest BCUT2D eigenvalue weighted by atomic mass is 10.1. The fourth-order valence-electron chi connectivity index (χ4n) is 8.73. The largest absolute Gasteiger partial charge is 0.748 e. The number of benzene rings is 5. The van der Waals surface area contributed by atoms with Crippen molar-refractivity contribution in [1.29, 1.82) is 0 Å². The third kappa shape index (κ3) is 14.7. The first-order valence-electron chi connectivity index (χ1n) is 24.6. The molecular formula is C53H66N6O11S2. The van der Waals surface area contributed by atoms with Crippen molar-refractivity contribution < 1.29 is 55.4 Å². The van der Waals surface area contributed by atoms with Gasteiger partial charge in [-0.15, -0.1) is 0 Å². The smallest absolute Gasteiger partial charge is 0.409 e. The summed E-state index contributed by atoms with van der Waals surface area (Å²) in [6.07, 6.45) is 0.129. The summed E-state index contributed by atoms with van der Waals surface area (Å²) in [6, 6.07) is 30.4. The van der Waals surface area contributed by atoms with Gasteiger partial charge in [0.15, 0.2) is 5.52 Å². The normalized spacial score (nSPS) is 16.6. The van der Waals surface area contributed by atoms with Crippen LogP contribution in [-0.4, -0.2) is 144 Å². The number of nitrogens with zero attached hydrogens (tertiary/aromatic N) is 6. The van der Waals surface area contributed by atoms with Crippen molar-refractivity contribution in [1.82, 2.24) is 0 Å². The summed E-state index contributed by atoms with van der Waals surface area (Å²) in [4.78, 5) is 6.70. The minimum Gasteiger partial charge on any atom is -0.748 e. The number of fused-ring (bicyclic) bond motifs is 23. The van der Waals surface area contributed by atoms with Crippen LogP contribution in [0.2, 0.25) is 0 Å². The summed E-state index contributed by atoms with van der Waals surface area (Å²) < 4.78 is 87.7. The van der Waals surface area contributed by atoms with Crippen LogP contribution in [0.15, 0.2) is 101 Å². The molecule has 0 saturated carbocycles. The van der Waals surface area contributed by atoms with Gasteiger partial charge in [0.05, 0.1) is 116 Å². The number of azo groups is 1. The molecule has 1 fully saturated rings. The van der Waals surface area contributed by atoms with E-state index < -0.39 is 15.9 Å². The fraction of sp³-hybridized carbons (Fsp3) is 0.453. The van der Waals surface area contributed by atoms with Crippen LogP contribution < -0.4 is 33.5 Å². The highest BCUT2D eigenvalue weighted by Crippen LogP contribution is 2.37. The zero-order valence-corrected chi connectivity index (χ0v) is 43.1. The lowest BCUT2D eigenvalue weighted by Gasteiger charge is -2.29. The van der Waals surface area contributed by atoms with Crippen LogP contribution in [0.5, 0.6) is 17.2 Å². The van der Waals surface area contributed by atoms with Crippen molar-refractivity contribution >= 4 is 70.3 Å². The highest BCUT2D eigenvalue weighted by Gasteiger charge is 2.24. The summed E-state index contributed by atoms with van der Waals surface area (Å²) >= 11 is 1.45. The third-order valence-electron chi connectivity index (χ3n) is 12.3. The Morgan fingerprint density at radius 3 is 1.78 bits per heavy atom. The quantitative estimate of drug-likeness (QED) is 0.0402. The molecule has 1 saturated heterocycles. The monoisotopic (exact) mass is 1030 g/mol. The van der Waals surface area contributed by atoms with Crippen LogP contribution in [0.4, 0.5) is 27.9 Å². The van der Waals surface area contributed by atoms with E-state index in [1.54, 1.807) is 7.11 Å². The van der Waals surface area contributed by atoms with Crippen LogP contribution in [0.25, 0.3) is 21.0 Å². The highest BCUT2D eigenvalue weighted by molar-refractivity contribution is 7.85. The van der Waals surface area contributed by atoms with Gasteiger partial charge in [-0.25, -0.2) is 13.0 Å². The second-order valence-electron chi connectivity index (χ2n) is 17.5. The predicted molar refractivity (Wildman–Crippen MR) is 280 cm³/mol. The third-order valence-corrected chi connectivity index (χ3v) is 14.2. The number of rotatable bonds is 11. The lowest BCUT2D eigenvalue weighted by Crippen LogP contribution is -2.34. The van der Waals surface area contributed by atoms with Crippen molar-refractivity contribution in [3.05, 3.63) is 102 Å². The first-order valence-corrected chi connectivity index (χ1v) is 27.0. The van der Waals surface area contributed by atoms with E-state index in [1.807, 2.05) is 53.1 Å². The molecule has 0 unspecified atom stereocenters. The molecule has 0 atom stereocenters. The zero-order valence-electron chi connectivity index (χ0n) is 41.5. The molecule has 2 bridgehead atoms. The molecule has 5 aromatic carbocycles. The van der Waals surface area contributed by atoms with Gasteiger partial charge in [-0.3, -0.25) is 0 Å². The Bertz CT molecular complexity index is 2750. The average Bonchev–Trinajstić information content (AvgIpc) is 3.72. The van der Waals surface area contributed by atoms with Crippen LogP contribution in [-0.2, 0) is 40.3 Å². The van der Waals surface area contributed by atoms with Crippen LogP contribution in [0, 0.1) is 13.8 Å². The van der Waals surface area contributed by atoms with Crippen molar-refractivity contribution in [2.45, 2.75) is 26.8 Å². The van der Waals surface area contributed by atoms with Gasteiger partial charge in [0.2, 0.25) is 0 Å². The van der Waals surface area contributed by atoms with E-state index in [9.17, 15) is 13.0 Å². The molecule has 0 radical (unpaired) electrons. The number of ether oxygens (including phenoxy) is 8. The van der Waals surface area contributed by atoms with Gasteiger partial charge < -0.3 is 57.1 Å². The second kappa shape index (κ2) is 26.4. The number of anilines is 3. The maximum absolute atomic E-state index is 11.6. The van der Waals surface area contributed by atoms with Crippen LogP contribution in [0.1, 0.15) is 17.5 Å². The predicted octanol–water partition coefficient (Wildman–Crippen LogP) is 8.01. The molecule has 0 aliphatic carbocycles. The molecule has 386 valence electrons. The number of hydrogen-bond acceptors (Lipinski definition) is 17. The molecule has 0 amide bonds. The topological polar surface area (TPSA) is 169 Å². The Hall–Kier alpha value is -5.64. The number of hydrogen-bond donors (Lipinski definition) is 0. The van der Waals surface area contributed by atoms with Gasteiger partial charge in [-0.05, 0) is 95.7 Å². The summed E-state index contributed by atoms with van der Waals surface area (Å²) in [7, 11) is -2.77. The Kier molecular flexibility index (Phi) is 19.3. The van der Waals surface area contributed by atoms with Crippen molar-refractivity contribution in [3.63, 3.8) is 0 Å². The Labute approximate surface area is 426 Å². The van der Waals surface area contributed by atoms with E-state index in [2.05, 4.69) is 71.0 Å². The molecule has 4 heterocycles. The summed E-state index contributed by atoms with van der Waals surface area (Å²) in [5, 5.41) is 12.1. The molecule has 6 aromatic rings. The molecule has 19 heteroatoms. The van der Waals surface area contributed by atoms with Gasteiger partial charge >= 0.3 is 5.13 Å². The number of thiazole rings is 1. The number of aryl methyl sites for hydroxylation is 3. The van der Waals surface area contributed by atoms with Crippen LogP contribution in [0.3, 0.4) is 0 Å². The Balaban J connectivity index is 1.14. The molecule has 0 spiro atoms. The molecule has 72 heavy (non-hydrogen) atoms. The molecule has 3 aliphatic rings. The SMILES string of the molecule is COCCOc1cc(N=Nc2sc3ccc4ccccc4c3[n+]2CCCS(=O)(=O)[O-])ccc1N1CCOc2cc(C)ccc2N2CCOCCOCCN(CCOCCOCC2)c2ccc(C)cc2OCC1. The standard InChI is InChI=1S/C53H66N6O11S2/c1-40-9-13-45-48(37-40)68-28-22-58(23-29-69-49-38-41(2)10-14-46(49)57-20-26-66-33-31-64-24-18-56(45)19-25-65-32-34-67-27-21-57)47-15-12-43(39-50(47)70-35-30-63-3)54-55-53-59(17-6-36-72(60,61)62)52-44-8-5-4-7-42(44)11-16-51(52)71-53/h4-5,7-16,37-39H,6,17-36H2,1-3H3. The van der Waals surface area contributed by atoms with E-state index in [-0.39, 0.29) is 19.6 Å². The average molecular weight is 1030 g/mol. The fourth-order valence-corrected chi connectivity index (χ4v) is 10.2. The molecule has 17 nitrogen and oxygen atoms in total. The van der Waals surface area contributed by atoms with Gasteiger partial charge in [-0.1, -0.05) is 42.5 Å². The van der Waals surface area contributed by atoms with E-state index in [1.165, 1.54) is 11.3 Å². The molecule has 3 aliphatic heterocycles. The molecule has 0 N–H and O–H groups in total. The first-order chi connectivity index (χ1) is 35.1. The Morgan fingerprint density at radius 2 is 1.19 bits per heavy atom.